The van der Waals surface area contributed by atoms with Crippen molar-refractivity contribution in [2.24, 2.45) is 5.92 Å². The van der Waals surface area contributed by atoms with Gasteiger partial charge in [-0.1, -0.05) is 38.1 Å². The molecule has 21 heavy (non-hydrogen) atoms. The zero-order chi connectivity index (χ0) is 16.0. The van der Waals surface area contributed by atoms with Crippen LogP contribution in [-0.4, -0.2) is 32.9 Å². The summed E-state index contributed by atoms with van der Waals surface area (Å²) in [5, 5.41) is 2.67. The van der Waals surface area contributed by atoms with E-state index < -0.39 is 9.84 Å². The smallest absolute Gasteiger partial charge is 0.227 e. The molecule has 0 bridgehead atoms. The fourth-order valence-corrected chi connectivity index (χ4v) is 2.55. The summed E-state index contributed by atoms with van der Waals surface area (Å²) in [6, 6.07) is 8.04. The van der Waals surface area contributed by atoms with Gasteiger partial charge in [0.1, 0.15) is 9.84 Å². The number of sulfone groups is 1. The first-order valence-corrected chi connectivity index (χ1v) is 9.29. The van der Waals surface area contributed by atoms with E-state index in [1.54, 1.807) is 0 Å². The Kier molecular flexibility index (Phi) is 6.40. The van der Waals surface area contributed by atoms with Crippen LogP contribution in [0.5, 0.6) is 0 Å². The van der Waals surface area contributed by atoms with E-state index in [2.05, 4.69) is 31.3 Å². The van der Waals surface area contributed by atoms with Crippen LogP contribution in [-0.2, 0) is 21.1 Å². The number of benzene rings is 1. The Labute approximate surface area is 127 Å². The molecule has 1 aromatic rings. The lowest BCUT2D eigenvalue weighted by Gasteiger charge is -2.13. The van der Waals surface area contributed by atoms with Gasteiger partial charge in [-0.25, -0.2) is 8.42 Å². The first-order chi connectivity index (χ1) is 9.69. The van der Waals surface area contributed by atoms with Gasteiger partial charge in [-0.05, 0) is 30.4 Å². The third-order valence-electron chi connectivity index (χ3n) is 3.29. The van der Waals surface area contributed by atoms with Gasteiger partial charge in [0.15, 0.2) is 0 Å². The van der Waals surface area contributed by atoms with Crippen LogP contribution in [0.4, 0.5) is 0 Å². The lowest BCUT2D eigenvalue weighted by atomic mass is 9.96. The van der Waals surface area contributed by atoms with Gasteiger partial charge >= 0.3 is 0 Å². The number of amides is 1. The molecule has 1 amide bonds. The second-order valence-corrected chi connectivity index (χ2v) is 8.24. The van der Waals surface area contributed by atoms with Crippen molar-refractivity contribution >= 4 is 15.7 Å². The molecule has 0 fully saturated rings. The maximum Gasteiger partial charge on any atom is 0.227 e. The molecule has 0 saturated carbocycles. The molecule has 1 aromatic carbocycles. The molecule has 0 aliphatic carbocycles. The van der Waals surface area contributed by atoms with Crippen molar-refractivity contribution in [2.75, 3.05) is 18.6 Å². The van der Waals surface area contributed by atoms with Gasteiger partial charge in [-0.15, -0.1) is 0 Å². The average molecular weight is 311 g/mol. The van der Waals surface area contributed by atoms with Crippen molar-refractivity contribution in [1.29, 1.82) is 0 Å². The molecule has 1 N–H and O–H groups in total. The molecule has 5 heteroatoms. The van der Waals surface area contributed by atoms with Gasteiger partial charge in [0.25, 0.3) is 0 Å². The number of rotatable bonds is 7. The molecule has 118 valence electrons. The lowest BCUT2D eigenvalue weighted by Crippen LogP contribution is -2.32. The summed E-state index contributed by atoms with van der Waals surface area (Å²) in [5.74, 6) is 0.152. The van der Waals surface area contributed by atoms with Crippen LogP contribution >= 0.6 is 0 Å². The summed E-state index contributed by atoms with van der Waals surface area (Å²) >= 11 is 0. The molecule has 0 aliphatic heterocycles. The molecule has 0 unspecified atom stereocenters. The molecule has 0 radical (unpaired) electrons. The Hall–Kier alpha value is -1.36. The third-order valence-corrected chi connectivity index (χ3v) is 4.23. The highest BCUT2D eigenvalue weighted by molar-refractivity contribution is 7.90. The third kappa shape index (κ3) is 6.76. The van der Waals surface area contributed by atoms with Crippen LogP contribution in [0.15, 0.2) is 24.3 Å². The van der Waals surface area contributed by atoms with Crippen molar-refractivity contribution in [1.82, 2.24) is 5.32 Å². The molecule has 4 nitrogen and oxygen atoms in total. The lowest BCUT2D eigenvalue weighted by molar-refractivity contribution is -0.122. The van der Waals surface area contributed by atoms with Crippen LogP contribution in [0.1, 0.15) is 37.8 Å². The molecule has 0 aromatic heterocycles. The van der Waals surface area contributed by atoms with Gasteiger partial charge in [-0.3, -0.25) is 4.79 Å². The number of nitrogens with one attached hydrogen (secondary N) is 1. The van der Waals surface area contributed by atoms with E-state index in [4.69, 9.17) is 0 Å². The maximum absolute atomic E-state index is 12.0. The van der Waals surface area contributed by atoms with Crippen LogP contribution < -0.4 is 5.32 Å². The average Bonchev–Trinajstić information content (AvgIpc) is 2.36. The number of carbonyl (C=O) groups is 1. The fourth-order valence-electron chi connectivity index (χ4n) is 2.08. The zero-order valence-corrected chi connectivity index (χ0v) is 14.0. The summed E-state index contributed by atoms with van der Waals surface area (Å²) < 4.78 is 22.1. The fraction of sp³-hybridized carbons (Fsp3) is 0.562. The van der Waals surface area contributed by atoms with E-state index in [0.29, 0.717) is 5.92 Å². The van der Waals surface area contributed by atoms with E-state index in [9.17, 15) is 13.2 Å². The van der Waals surface area contributed by atoms with E-state index in [1.807, 2.05) is 19.1 Å². The van der Waals surface area contributed by atoms with Crippen LogP contribution in [0, 0.1) is 5.92 Å². The van der Waals surface area contributed by atoms with Crippen LogP contribution in [0.3, 0.4) is 0 Å². The van der Waals surface area contributed by atoms with Crippen molar-refractivity contribution < 1.29 is 13.2 Å². The van der Waals surface area contributed by atoms with Gasteiger partial charge in [-0.2, -0.15) is 0 Å². The van der Waals surface area contributed by atoms with Crippen molar-refractivity contribution in [2.45, 2.75) is 33.1 Å². The largest absolute Gasteiger partial charge is 0.355 e. The topological polar surface area (TPSA) is 63.2 Å². The summed E-state index contributed by atoms with van der Waals surface area (Å²) in [5.41, 5.74) is 2.21. The standard InChI is InChI=1S/C16H25NO3S/c1-12(2)11-14-5-7-15(8-6-14)13(3)16(18)17-9-10-21(4,19)20/h5-8,12-13H,9-11H2,1-4H3,(H,17,18)/t13-/m1/s1. The van der Waals surface area contributed by atoms with E-state index in [0.717, 1.165) is 18.2 Å². The summed E-state index contributed by atoms with van der Waals surface area (Å²) in [4.78, 5) is 12.0. The minimum absolute atomic E-state index is 0.0290. The summed E-state index contributed by atoms with van der Waals surface area (Å²) in [7, 11) is -3.04. The van der Waals surface area contributed by atoms with Gasteiger partial charge in [0, 0.05) is 12.8 Å². The Morgan fingerprint density at radius 3 is 2.19 bits per heavy atom. The number of carbonyl (C=O) groups excluding carboxylic acids is 1. The first kappa shape index (κ1) is 17.7. The van der Waals surface area contributed by atoms with Crippen LogP contribution in [0.2, 0.25) is 0 Å². The predicted octanol–water partition coefficient (Wildman–Crippen LogP) is 2.15. The van der Waals surface area contributed by atoms with E-state index in [-0.39, 0.29) is 24.1 Å². The Morgan fingerprint density at radius 1 is 1.14 bits per heavy atom. The van der Waals surface area contributed by atoms with Crippen LogP contribution in [0.25, 0.3) is 0 Å². The highest BCUT2D eigenvalue weighted by Crippen LogP contribution is 2.17. The Balaban J connectivity index is 2.57. The highest BCUT2D eigenvalue weighted by atomic mass is 32.2. The molecule has 0 heterocycles. The molecule has 1 rings (SSSR count). The number of hydrogen-bond acceptors (Lipinski definition) is 3. The van der Waals surface area contributed by atoms with E-state index >= 15 is 0 Å². The minimum atomic E-state index is -3.04. The van der Waals surface area contributed by atoms with Crippen molar-refractivity contribution in [3.8, 4) is 0 Å². The quantitative estimate of drug-likeness (QED) is 0.839. The SMILES string of the molecule is CC(C)Cc1ccc([C@@H](C)C(=O)NCCS(C)(=O)=O)cc1. The molecular weight excluding hydrogens is 286 g/mol. The predicted molar refractivity (Wildman–Crippen MR) is 86.1 cm³/mol. The normalized spacial score (nSPS) is 13.2. The van der Waals surface area contributed by atoms with Crippen molar-refractivity contribution in [3.63, 3.8) is 0 Å². The Bertz CT molecular complexity index is 562. The molecular formula is C16H25NO3S. The Morgan fingerprint density at radius 2 is 1.71 bits per heavy atom. The van der Waals surface area contributed by atoms with Gasteiger partial charge < -0.3 is 5.32 Å². The second kappa shape index (κ2) is 7.59. The monoisotopic (exact) mass is 311 g/mol. The maximum atomic E-state index is 12.0. The van der Waals surface area contributed by atoms with Gasteiger partial charge in [0.05, 0.1) is 11.7 Å². The highest BCUT2D eigenvalue weighted by Gasteiger charge is 2.15. The molecule has 0 spiro atoms. The zero-order valence-electron chi connectivity index (χ0n) is 13.2. The molecule has 1 atom stereocenters. The van der Waals surface area contributed by atoms with E-state index in [1.165, 1.54) is 5.56 Å². The summed E-state index contributed by atoms with van der Waals surface area (Å²) in [6.45, 7) is 6.33. The minimum Gasteiger partial charge on any atom is -0.355 e. The molecule has 0 saturated heterocycles. The van der Waals surface area contributed by atoms with Crippen molar-refractivity contribution in [3.05, 3.63) is 35.4 Å². The molecule has 0 aliphatic rings. The second-order valence-electron chi connectivity index (χ2n) is 5.98. The first-order valence-electron chi connectivity index (χ1n) is 7.23. The van der Waals surface area contributed by atoms with Gasteiger partial charge in [0.2, 0.25) is 5.91 Å². The number of hydrogen-bond donors (Lipinski definition) is 1. The summed E-state index contributed by atoms with van der Waals surface area (Å²) in [6.07, 6.45) is 2.19.